The molecule has 3 aromatic rings. The molecule has 0 saturated heterocycles. The van der Waals surface area contributed by atoms with E-state index in [0.717, 1.165) is 0 Å². The maximum atomic E-state index is 12.7. The Hall–Kier alpha value is -3.46. The van der Waals surface area contributed by atoms with E-state index in [9.17, 15) is 23.1 Å². The van der Waals surface area contributed by atoms with Gasteiger partial charge in [0, 0.05) is 17.0 Å². The van der Waals surface area contributed by atoms with Gasteiger partial charge in [0.2, 0.25) is 9.84 Å². The zero-order valence-corrected chi connectivity index (χ0v) is 15.5. The maximum absolute atomic E-state index is 12.7. The second kappa shape index (κ2) is 7.28. The van der Waals surface area contributed by atoms with Crippen molar-refractivity contribution < 1.29 is 28.2 Å². The number of benzene rings is 2. The van der Waals surface area contributed by atoms with E-state index >= 15 is 0 Å². The summed E-state index contributed by atoms with van der Waals surface area (Å²) in [7, 11) is -3.75. The number of aromatic nitrogens is 1. The highest BCUT2D eigenvalue weighted by Gasteiger charge is 2.22. The largest absolute Gasteiger partial charge is 0.505 e. The van der Waals surface area contributed by atoms with Crippen LogP contribution in [0.4, 0.5) is 0 Å². The van der Waals surface area contributed by atoms with Crippen LogP contribution >= 0.6 is 0 Å². The van der Waals surface area contributed by atoms with Gasteiger partial charge in [0.25, 0.3) is 5.91 Å². The molecule has 3 N–H and O–H groups in total. The molecule has 0 aliphatic carbocycles. The minimum atomic E-state index is -3.75. The van der Waals surface area contributed by atoms with Gasteiger partial charge in [-0.2, -0.15) is 0 Å². The van der Waals surface area contributed by atoms with Crippen molar-refractivity contribution >= 4 is 32.5 Å². The quantitative estimate of drug-likeness (QED) is 0.596. The second-order valence-corrected chi connectivity index (χ2v) is 8.00. The van der Waals surface area contributed by atoms with Crippen LogP contribution in [-0.4, -0.2) is 41.5 Å². The summed E-state index contributed by atoms with van der Waals surface area (Å²) in [5.74, 6) is -2.55. The van der Waals surface area contributed by atoms with Gasteiger partial charge in [-0.25, -0.2) is 13.4 Å². The molecule has 1 atom stereocenters. The number of amides is 1. The van der Waals surface area contributed by atoms with Crippen LogP contribution in [0.3, 0.4) is 0 Å². The fourth-order valence-electron chi connectivity index (χ4n) is 2.58. The van der Waals surface area contributed by atoms with E-state index in [1.807, 2.05) is 0 Å². The van der Waals surface area contributed by atoms with E-state index in [-0.39, 0.29) is 20.9 Å². The lowest BCUT2D eigenvalue weighted by atomic mass is 10.1. The van der Waals surface area contributed by atoms with E-state index in [0.29, 0.717) is 5.39 Å². The number of hydrogen-bond donors (Lipinski definition) is 3. The number of carboxylic acids is 1. The van der Waals surface area contributed by atoms with Gasteiger partial charge in [-0.3, -0.25) is 9.59 Å². The summed E-state index contributed by atoms with van der Waals surface area (Å²) in [5.41, 5.74) is -0.348. The first-order valence-corrected chi connectivity index (χ1v) is 9.65. The van der Waals surface area contributed by atoms with Gasteiger partial charge in [-0.15, -0.1) is 0 Å². The lowest BCUT2D eigenvalue weighted by Gasteiger charge is -2.11. The van der Waals surface area contributed by atoms with Gasteiger partial charge in [0.1, 0.15) is 6.04 Å². The highest BCUT2D eigenvalue weighted by molar-refractivity contribution is 7.91. The van der Waals surface area contributed by atoms with Gasteiger partial charge in [-0.05, 0) is 37.3 Å². The van der Waals surface area contributed by atoms with E-state index < -0.39 is 33.5 Å². The number of rotatable bonds is 5. The smallest absolute Gasteiger partial charge is 0.325 e. The van der Waals surface area contributed by atoms with Crippen LogP contribution in [0.1, 0.15) is 17.4 Å². The zero-order valence-electron chi connectivity index (χ0n) is 14.7. The number of fused-ring (bicyclic) bond motifs is 1. The number of carbonyl (C=O) groups is 2. The standard InChI is InChI=1S/C19H16N2O6S/c1-11(19(24)25)21-18(23)16-17(22)15-8-7-14(9-12(15)10-20-16)28(26,27)13-5-3-2-4-6-13/h2-11,22H,1H3,(H,21,23)(H,24,25). The average molecular weight is 400 g/mol. The van der Waals surface area contributed by atoms with Gasteiger partial charge in [0.15, 0.2) is 11.4 Å². The summed E-state index contributed by atoms with van der Waals surface area (Å²) in [6, 6.07) is 10.8. The van der Waals surface area contributed by atoms with E-state index in [1.165, 1.54) is 43.5 Å². The van der Waals surface area contributed by atoms with Gasteiger partial charge >= 0.3 is 5.97 Å². The first kappa shape index (κ1) is 19.3. The van der Waals surface area contributed by atoms with E-state index in [2.05, 4.69) is 10.3 Å². The fourth-order valence-corrected chi connectivity index (χ4v) is 3.90. The van der Waals surface area contributed by atoms with Gasteiger partial charge in [-0.1, -0.05) is 18.2 Å². The van der Waals surface area contributed by atoms with Crippen molar-refractivity contribution in [1.29, 1.82) is 0 Å². The lowest BCUT2D eigenvalue weighted by Crippen LogP contribution is -2.38. The van der Waals surface area contributed by atoms with Crippen molar-refractivity contribution in [3.05, 3.63) is 60.4 Å². The Morgan fingerprint density at radius 1 is 1.07 bits per heavy atom. The van der Waals surface area contributed by atoms with Crippen molar-refractivity contribution in [3.63, 3.8) is 0 Å². The summed E-state index contributed by atoms with van der Waals surface area (Å²) < 4.78 is 25.4. The molecule has 1 aromatic heterocycles. The summed E-state index contributed by atoms with van der Waals surface area (Å²) in [4.78, 5) is 27.0. The Morgan fingerprint density at radius 2 is 1.75 bits per heavy atom. The normalized spacial score (nSPS) is 12.5. The first-order valence-electron chi connectivity index (χ1n) is 8.17. The lowest BCUT2D eigenvalue weighted by molar-refractivity contribution is -0.138. The molecule has 1 unspecified atom stereocenters. The number of pyridine rings is 1. The fraction of sp³-hybridized carbons (Fsp3) is 0.105. The number of nitrogens with zero attached hydrogens (tertiary/aromatic N) is 1. The van der Waals surface area contributed by atoms with Crippen molar-refractivity contribution in [3.8, 4) is 5.75 Å². The third-order valence-corrected chi connectivity index (χ3v) is 5.90. The Balaban J connectivity index is 2.02. The summed E-state index contributed by atoms with van der Waals surface area (Å²) in [6.07, 6.45) is 1.25. The van der Waals surface area contributed by atoms with Gasteiger partial charge < -0.3 is 15.5 Å². The monoisotopic (exact) mass is 400 g/mol. The van der Waals surface area contributed by atoms with Crippen LogP contribution in [0.25, 0.3) is 10.8 Å². The molecule has 9 heteroatoms. The highest BCUT2D eigenvalue weighted by Crippen LogP contribution is 2.30. The zero-order chi connectivity index (χ0) is 20.5. The van der Waals surface area contributed by atoms with Crippen molar-refractivity contribution in [2.24, 2.45) is 0 Å². The third kappa shape index (κ3) is 3.52. The predicted octanol–water partition coefficient (Wildman–Crippen LogP) is 1.98. The molecule has 0 fully saturated rings. The van der Waals surface area contributed by atoms with Crippen molar-refractivity contribution in [2.75, 3.05) is 0 Å². The minimum absolute atomic E-state index is 0.0177. The molecule has 0 bridgehead atoms. The maximum Gasteiger partial charge on any atom is 0.325 e. The molecule has 0 saturated carbocycles. The number of hydrogen-bond acceptors (Lipinski definition) is 6. The van der Waals surface area contributed by atoms with Crippen LogP contribution in [0.15, 0.2) is 64.5 Å². The molecular formula is C19H16N2O6S. The molecule has 2 aromatic carbocycles. The number of carboxylic acid groups (broad SMARTS) is 1. The average Bonchev–Trinajstić information content (AvgIpc) is 2.68. The molecule has 8 nitrogen and oxygen atoms in total. The predicted molar refractivity (Wildman–Crippen MR) is 99.9 cm³/mol. The second-order valence-electron chi connectivity index (χ2n) is 6.05. The number of carbonyl (C=O) groups excluding carboxylic acids is 1. The summed E-state index contributed by atoms with van der Waals surface area (Å²) >= 11 is 0. The van der Waals surface area contributed by atoms with Crippen molar-refractivity contribution in [2.45, 2.75) is 22.8 Å². The third-order valence-electron chi connectivity index (χ3n) is 4.13. The summed E-state index contributed by atoms with van der Waals surface area (Å²) in [6.45, 7) is 1.28. The van der Waals surface area contributed by atoms with Crippen LogP contribution in [0.5, 0.6) is 5.75 Å². The Bertz CT molecular complexity index is 1180. The SMILES string of the molecule is CC(NC(=O)c1ncc2cc(S(=O)(=O)c3ccccc3)ccc2c1O)C(=O)O. The molecular weight excluding hydrogens is 384 g/mol. The Kier molecular flexibility index (Phi) is 5.02. The Morgan fingerprint density at radius 3 is 2.39 bits per heavy atom. The molecule has 0 spiro atoms. The number of aromatic hydroxyl groups is 1. The van der Waals surface area contributed by atoms with Crippen LogP contribution in [0.2, 0.25) is 0 Å². The van der Waals surface area contributed by atoms with Crippen LogP contribution < -0.4 is 5.32 Å². The molecule has 3 rings (SSSR count). The van der Waals surface area contributed by atoms with Crippen LogP contribution in [0, 0.1) is 0 Å². The molecule has 1 heterocycles. The minimum Gasteiger partial charge on any atom is -0.505 e. The molecule has 144 valence electrons. The summed E-state index contributed by atoms with van der Waals surface area (Å²) in [5, 5.41) is 22.0. The molecule has 1 amide bonds. The molecule has 28 heavy (non-hydrogen) atoms. The Labute approximate surface area is 160 Å². The molecule has 0 radical (unpaired) electrons. The highest BCUT2D eigenvalue weighted by atomic mass is 32.2. The number of nitrogens with one attached hydrogen (secondary N) is 1. The van der Waals surface area contributed by atoms with Crippen molar-refractivity contribution in [1.82, 2.24) is 10.3 Å². The molecule has 0 aliphatic rings. The van der Waals surface area contributed by atoms with E-state index in [4.69, 9.17) is 5.11 Å². The molecule has 0 aliphatic heterocycles. The topological polar surface area (TPSA) is 134 Å². The van der Waals surface area contributed by atoms with Crippen LogP contribution in [-0.2, 0) is 14.6 Å². The number of sulfone groups is 1. The van der Waals surface area contributed by atoms with E-state index in [1.54, 1.807) is 18.2 Å². The first-order chi connectivity index (χ1) is 13.2. The number of aliphatic carboxylic acids is 1. The van der Waals surface area contributed by atoms with Gasteiger partial charge in [0.05, 0.1) is 9.79 Å².